The number of nitrogens with zero attached hydrogens (tertiary/aromatic N) is 2. The van der Waals surface area contributed by atoms with Crippen LogP contribution in [0.15, 0.2) is 0 Å². The Bertz CT molecular complexity index is 467. The van der Waals surface area contributed by atoms with Gasteiger partial charge in [0.2, 0.25) is 5.91 Å². The maximum absolute atomic E-state index is 13.4. The molecule has 1 atom stereocenters. The molecule has 0 N–H and O–H groups in total. The second kappa shape index (κ2) is 26.2. The minimum atomic E-state index is 0.409. The highest BCUT2D eigenvalue weighted by Gasteiger charge is 2.22. The molecule has 0 radical (unpaired) electrons. The summed E-state index contributed by atoms with van der Waals surface area (Å²) in [7, 11) is 4.26. The smallest absolute Gasteiger partial charge is 0.222 e. The average Bonchev–Trinajstić information content (AvgIpc) is 2.84. The van der Waals surface area contributed by atoms with E-state index in [0.717, 1.165) is 51.5 Å². The molecule has 1 amide bonds. The predicted molar refractivity (Wildman–Crippen MR) is 153 cm³/mol. The van der Waals surface area contributed by atoms with Crippen LogP contribution < -0.4 is 0 Å². The zero-order valence-corrected chi connectivity index (χ0v) is 24.3. The summed E-state index contributed by atoms with van der Waals surface area (Å²) in [6.07, 6.45) is 27.0. The quantitative estimate of drug-likeness (QED) is 0.0848. The van der Waals surface area contributed by atoms with Crippen molar-refractivity contribution in [3.63, 3.8) is 0 Å². The molecule has 0 spiro atoms. The van der Waals surface area contributed by atoms with Crippen LogP contribution >= 0.6 is 0 Å². The summed E-state index contributed by atoms with van der Waals surface area (Å²) >= 11 is 0. The highest BCUT2D eigenvalue weighted by Crippen LogP contribution is 2.21. The van der Waals surface area contributed by atoms with Crippen LogP contribution in [0.2, 0.25) is 0 Å². The van der Waals surface area contributed by atoms with Gasteiger partial charge in [-0.3, -0.25) is 4.79 Å². The van der Waals surface area contributed by atoms with Gasteiger partial charge in [-0.1, -0.05) is 110 Å². The molecule has 0 aromatic rings. The molecular weight excluding hydrogens is 432 g/mol. The fourth-order valence-corrected chi connectivity index (χ4v) is 5.02. The first-order valence-corrected chi connectivity index (χ1v) is 15.4. The van der Waals surface area contributed by atoms with Gasteiger partial charge in [-0.05, 0) is 52.7 Å². The van der Waals surface area contributed by atoms with Crippen molar-refractivity contribution in [1.29, 1.82) is 0 Å². The first-order valence-electron chi connectivity index (χ1n) is 15.4. The average molecular weight is 495 g/mol. The van der Waals surface area contributed by atoms with Crippen LogP contribution in [0, 0.1) is 0 Å². The number of amides is 1. The lowest BCUT2D eigenvalue weighted by atomic mass is 9.97. The predicted octanol–water partition coefficient (Wildman–Crippen LogP) is 8.57. The van der Waals surface area contributed by atoms with E-state index in [9.17, 15) is 9.59 Å². The summed E-state index contributed by atoms with van der Waals surface area (Å²) in [6.45, 7) is 6.49. The van der Waals surface area contributed by atoms with Crippen LogP contribution in [0.4, 0.5) is 0 Å². The van der Waals surface area contributed by atoms with Crippen LogP contribution in [-0.2, 0) is 9.59 Å². The third-order valence-corrected chi connectivity index (χ3v) is 7.26. The van der Waals surface area contributed by atoms with Gasteiger partial charge in [0, 0.05) is 25.4 Å². The van der Waals surface area contributed by atoms with Crippen molar-refractivity contribution < 1.29 is 9.59 Å². The van der Waals surface area contributed by atoms with Crippen LogP contribution in [0.25, 0.3) is 0 Å². The third-order valence-electron chi connectivity index (χ3n) is 7.26. The molecule has 0 aliphatic rings. The van der Waals surface area contributed by atoms with E-state index in [4.69, 9.17) is 0 Å². The topological polar surface area (TPSA) is 40.6 Å². The molecule has 0 saturated heterocycles. The molecule has 0 saturated carbocycles. The molecule has 0 aromatic carbocycles. The first kappa shape index (κ1) is 34.1. The fourth-order valence-electron chi connectivity index (χ4n) is 5.02. The summed E-state index contributed by atoms with van der Waals surface area (Å²) < 4.78 is 0. The summed E-state index contributed by atoms with van der Waals surface area (Å²) in [5.74, 6) is 0.409. The number of hydrogen-bond donors (Lipinski definition) is 0. The zero-order chi connectivity index (χ0) is 26.0. The van der Waals surface area contributed by atoms with Crippen molar-refractivity contribution in [2.45, 2.75) is 161 Å². The summed E-state index contributed by atoms with van der Waals surface area (Å²) in [5.41, 5.74) is 0. The SMILES string of the molecule is CCCCCCCCC(=O)N(CCCN(C)C)C(CCCCCCC)CCCCCCCCC=O. The van der Waals surface area contributed by atoms with Crippen molar-refractivity contribution in [2.75, 3.05) is 27.2 Å². The minimum Gasteiger partial charge on any atom is -0.340 e. The second-order valence-corrected chi connectivity index (χ2v) is 11.0. The molecular formula is C31H62N2O2. The Morgan fingerprint density at radius 2 is 1.11 bits per heavy atom. The van der Waals surface area contributed by atoms with E-state index in [1.165, 1.54) is 103 Å². The van der Waals surface area contributed by atoms with Crippen LogP contribution in [-0.4, -0.2) is 55.2 Å². The highest BCUT2D eigenvalue weighted by molar-refractivity contribution is 5.76. The number of unbranched alkanes of at least 4 members (excludes halogenated alkanes) is 15. The van der Waals surface area contributed by atoms with E-state index in [1.807, 2.05) is 0 Å². The molecule has 0 aromatic heterocycles. The molecule has 4 heteroatoms. The van der Waals surface area contributed by atoms with E-state index in [-0.39, 0.29) is 0 Å². The Hall–Kier alpha value is -0.900. The minimum absolute atomic E-state index is 0.409. The van der Waals surface area contributed by atoms with Gasteiger partial charge in [-0.2, -0.15) is 0 Å². The monoisotopic (exact) mass is 494 g/mol. The van der Waals surface area contributed by atoms with Gasteiger partial charge in [0.1, 0.15) is 6.29 Å². The molecule has 0 aliphatic heterocycles. The van der Waals surface area contributed by atoms with Crippen molar-refractivity contribution in [3.8, 4) is 0 Å². The number of hydrogen-bond acceptors (Lipinski definition) is 3. The molecule has 35 heavy (non-hydrogen) atoms. The number of aldehydes is 1. The van der Waals surface area contributed by atoms with Crippen LogP contribution in [0.5, 0.6) is 0 Å². The maximum Gasteiger partial charge on any atom is 0.222 e. The second-order valence-electron chi connectivity index (χ2n) is 11.0. The van der Waals surface area contributed by atoms with Gasteiger partial charge in [0.15, 0.2) is 0 Å². The number of carbonyl (C=O) groups excluding carboxylic acids is 2. The van der Waals surface area contributed by atoms with Crippen molar-refractivity contribution in [1.82, 2.24) is 9.80 Å². The Balaban J connectivity index is 4.83. The number of carbonyl (C=O) groups is 2. The van der Waals surface area contributed by atoms with E-state index >= 15 is 0 Å². The lowest BCUT2D eigenvalue weighted by Crippen LogP contribution is -2.41. The molecule has 4 nitrogen and oxygen atoms in total. The third kappa shape index (κ3) is 22.1. The van der Waals surface area contributed by atoms with Gasteiger partial charge in [-0.25, -0.2) is 0 Å². The Labute approximate surface area is 220 Å². The maximum atomic E-state index is 13.4. The lowest BCUT2D eigenvalue weighted by Gasteiger charge is -2.33. The summed E-state index contributed by atoms with van der Waals surface area (Å²) in [6, 6.07) is 0.418. The molecule has 0 aliphatic carbocycles. The van der Waals surface area contributed by atoms with E-state index in [2.05, 4.69) is 37.7 Å². The summed E-state index contributed by atoms with van der Waals surface area (Å²) in [5, 5.41) is 0. The van der Waals surface area contributed by atoms with Gasteiger partial charge in [0.05, 0.1) is 0 Å². The van der Waals surface area contributed by atoms with E-state index in [0.29, 0.717) is 18.4 Å². The van der Waals surface area contributed by atoms with Crippen LogP contribution in [0.1, 0.15) is 155 Å². The lowest BCUT2D eigenvalue weighted by molar-refractivity contribution is -0.134. The normalized spacial score (nSPS) is 12.3. The van der Waals surface area contributed by atoms with Gasteiger partial charge in [-0.15, -0.1) is 0 Å². The Morgan fingerprint density at radius 1 is 0.629 bits per heavy atom. The number of rotatable bonds is 27. The molecule has 0 heterocycles. The Kier molecular flexibility index (Phi) is 25.5. The largest absolute Gasteiger partial charge is 0.340 e. The van der Waals surface area contributed by atoms with E-state index in [1.54, 1.807) is 0 Å². The molecule has 0 bridgehead atoms. The van der Waals surface area contributed by atoms with Crippen LogP contribution in [0.3, 0.4) is 0 Å². The molecule has 0 fully saturated rings. The van der Waals surface area contributed by atoms with Crippen molar-refractivity contribution >= 4 is 12.2 Å². The molecule has 0 rings (SSSR count). The van der Waals surface area contributed by atoms with Gasteiger partial charge >= 0.3 is 0 Å². The summed E-state index contributed by atoms with van der Waals surface area (Å²) in [4.78, 5) is 28.4. The molecule has 1 unspecified atom stereocenters. The van der Waals surface area contributed by atoms with Crippen molar-refractivity contribution in [2.24, 2.45) is 0 Å². The van der Waals surface area contributed by atoms with Gasteiger partial charge in [0.25, 0.3) is 0 Å². The van der Waals surface area contributed by atoms with E-state index < -0.39 is 0 Å². The highest BCUT2D eigenvalue weighted by atomic mass is 16.2. The standard InChI is InChI=1S/C31H62N2O2/c1-5-7-9-11-17-21-26-31(35)33(28-23-27-32(3)4)30(24-19-15-10-8-6-2)25-20-16-13-12-14-18-22-29-34/h29-30H,5-28H2,1-4H3. The Morgan fingerprint density at radius 3 is 1.63 bits per heavy atom. The molecule has 208 valence electrons. The van der Waals surface area contributed by atoms with Crippen molar-refractivity contribution in [3.05, 3.63) is 0 Å². The van der Waals surface area contributed by atoms with Gasteiger partial charge < -0.3 is 14.6 Å². The zero-order valence-electron chi connectivity index (χ0n) is 24.3. The fraction of sp³-hybridized carbons (Fsp3) is 0.935. The first-order chi connectivity index (χ1) is 17.1.